The van der Waals surface area contributed by atoms with Crippen molar-refractivity contribution < 1.29 is 4.74 Å². The van der Waals surface area contributed by atoms with Crippen LogP contribution in [0.2, 0.25) is 0 Å². The molecule has 0 bridgehead atoms. The van der Waals surface area contributed by atoms with Gasteiger partial charge in [0.1, 0.15) is 11.5 Å². The molecule has 2 atom stereocenters. The van der Waals surface area contributed by atoms with E-state index in [0.717, 1.165) is 17.9 Å². The molecule has 3 aliphatic heterocycles. The summed E-state index contributed by atoms with van der Waals surface area (Å²) in [5.41, 5.74) is 7.21. The topological polar surface area (TPSA) is 9.23 Å². The molecule has 0 fully saturated rings. The van der Waals surface area contributed by atoms with Crippen LogP contribution in [0.5, 0.6) is 11.5 Å². The van der Waals surface area contributed by atoms with Gasteiger partial charge in [-0.2, -0.15) is 0 Å². The molecule has 0 amide bonds. The highest BCUT2D eigenvalue weighted by atomic mass is 32.2. The average molecular weight is 422 g/mol. The van der Waals surface area contributed by atoms with Crippen molar-refractivity contribution in [1.82, 2.24) is 0 Å². The summed E-state index contributed by atoms with van der Waals surface area (Å²) in [4.78, 5) is 4.31. The Morgan fingerprint density at radius 1 is 0.933 bits per heavy atom. The van der Waals surface area contributed by atoms with Gasteiger partial charge in [0.25, 0.3) is 0 Å². The third-order valence-electron chi connectivity index (χ3n) is 6.81. The summed E-state index contributed by atoms with van der Waals surface area (Å²) < 4.78 is 6.38. The van der Waals surface area contributed by atoms with E-state index in [1.807, 2.05) is 11.8 Å². The van der Waals surface area contributed by atoms with E-state index in [1.165, 1.54) is 36.7 Å². The Bertz CT molecular complexity index is 1290. The molecule has 0 N–H and O–H groups in total. The van der Waals surface area contributed by atoms with Gasteiger partial charge in [-0.1, -0.05) is 89.7 Å². The van der Waals surface area contributed by atoms with Crippen LogP contribution in [0.3, 0.4) is 0 Å². The van der Waals surface area contributed by atoms with Crippen LogP contribution >= 0.6 is 23.5 Å². The molecule has 3 heterocycles. The van der Waals surface area contributed by atoms with Crippen molar-refractivity contribution in [1.29, 1.82) is 0 Å². The van der Waals surface area contributed by atoms with Crippen LogP contribution in [-0.2, 0) is 0 Å². The molecule has 144 valence electrons. The zero-order valence-corrected chi connectivity index (χ0v) is 18.2. The SMILES string of the molecule is C[C@H]1c2ccccc2Oc2ccc3c(c21)SC1CC=CC2=C1B3c1ccccc1S2. The van der Waals surface area contributed by atoms with Crippen LogP contribution in [0.15, 0.2) is 93.0 Å². The predicted octanol–water partition coefficient (Wildman–Crippen LogP) is 5.89. The smallest absolute Gasteiger partial charge is 0.242 e. The first-order chi connectivity index (χ1) is 14.8. The van der Waals surface area contributed by atoms with Crippen LogP contribution in [0.1, 0.15) is 30.4 Å². The highest BCUT2D eigenvalue weighted by molar-refractivity contribution is 8.04. The number of allylic oxidation sites excluding steroid dienone is 2. The number of benzene rings is 3. The number of fused-ring (bicyclic) bond motifs is 7. The maximum absolute atomic E-state index is 6.38. The van der Waals surface area contributed by atoms with Crippen molar-refractivity contribution in [2.75, 3.05) is 0 Å². The fraction of sp³-hybridized carbons (Fsp3) is 0.154. The largest absolute Gasteiger partial charge is 0.457 e. The van der Waals surface area contributed by atoms with E-state index >= 15 is 0 Å². The average Bonchev–Trinajstić information content (AvgIpc) is 2.79. The molecule has 3 aromatic carbocycles. The Morgan fingerprint density at radius 2 is 1.80 bits per heavy atom. The molecular weight excluding hydrogens is 403 g/mol. The van der Waals surface area contributed by atoms with Crippen molar-refractivity contribution in [3.8, 4) is 11.5 Å². The lowest BCUT2D eigenvalue weighted by Crippen LogP contribution is -2.53. The lowest BCUT2D eigenvalue weighted by molar-refractivity contribution is 0.447. The fourth-order valence-corrected chi connectivity index (χ4v) is 8.36. The molecular formula is C26H19BOS2. The standard InChI is InChI=1S/C26H19BOS2/c1-15-16-7-2-4-9-19(16)28-20-14-13-18-26(24(15)20)30-23-12-6-11-22-25(23)27(18)17-8-3-5-10-21(17)29-22/h2-11,13-15,23H,12H2,1H3/t15-,23?/m0/s1. The Hall–Kier alpha value is -2.30. The predicted molar refractivity (Wildman–Crippen MR) is 128 cm³/mol. The van der Waals surface area contributed by atoms with Crippen molar-refractivity contribution >= 4 is 41.2 Å². The van der Waals surface area contributed by atoms with Crippen molar-refractivity contribution in [3.05, 3.63) is 94.3 Å². The number of rotatable bonds is 0. The van der Waals surface area contributed by atoms with E-state index < -0.39 is 0 Å². The third kappa shape index (κ3) is 2.29. The molecule has 0 spiro atoms. The van der Waals surface area contributed by atoms with E-state index in [0.29, 0.717) is 17.9 Å². The molecule has 4 heteroatoms. The highest BCUT2D eigenvalue weighted by Crippen LogP contribution is 2.52. The number of para-hydroxylation sites is 1. The van der Waals surface area contributed by atoms with E-state index in [-0.39, 0.29) is 0 Å². The number of thioether (sulfide) groups is 2. The molecule has 0 aromatic heterocycles. The molecule has 0 saturated heterocycles. The van der Waals surface area contributed by atoms with Gasteiger partial charge in [-0.15, -0.1) is 11.8 Å². The van der Waals surface area contributed by atoms with E-state index in [1.54, 1.807) is 5.47 Å². The maximum atomic E-state index is 6.38. The van der Waals surface area contributed by atoms with Crippen molar-refractivity contribution in [2.24, 2.45) is 0 Å². The Balaban J connectivity index is 1.49. The van der Waals surface area contributed by atoms with Gasteiger partial charge in [0, 0.05) is 37.0 Å². The molecule has 1 aliphatic carbocycles. The Kier molecular flexibility index (Phi) is 3.68. The minimum Gasteiger partial charge on any atom is -0.457 e. The molecule has 4 aliphatic rings. The minimum absolute atomic E-state index is 0.338. The van der Waals surface area contributed by atoms with Crippen LogP contribution in [0, 0.1) is 0 Å². The quantitative estimate of drug-likeness (QED) is 0.419. The van der Waals surface area contributed by atoms with Gasteiger partial charge < -0.3 is 4.74 Å². The second-order valence-electron chi connectivity index (χ2n) is 8.39. The zero-order chi connectivity index (χ0) is 19.8. The van der Waals surface area contributed by atoms with E-state index in [9.17, 15) is 0 Å². The Morgan fingerprint density at radius 3 is 2.77 bits per heavy atom. The molecule has 1 unspecified atom stereocenters. The normalized spacial score (nSPS) is 22.4. The number of ether oxygens (including phenoxy) is 1. The monoisotopic (exact) mass is 422 g/mol. The lowest BCUT2D eigenvalue weighted by Gasteiger charge is -2.41. The van der Waals surface area contributed by atoms with E-state index in [2.05, 4.69) is 91.5 Å². The van der Waals surface area contributed by atoms with Gasteiger partial charge in [0.05, 0.1) is 0 Å². The summed E-state index contributed by atoms with van der Waals surface area (Å²) in [7, 11) is 0. The first-order valence-corrected chi connectivity index (χ1v) is 12.3. The van der Waals surface area contributed by atoms with Gasteiger partial charge in [0.2, 0.25) is 6.71 Å². The summed E-state index contributed by atoms with van der Waals surface area (Å²) >= 11 is 4.01. The van der Waals surface area contributed by atoms with Crippen LogP contribution in [-0.4, -0.2) is 12.0 Å². The first kappa shape index (κ1) is 17.4. The Labute approximate surface area is 185 Å². The first-order valence-electron chi connectivity index (χ1n) is 10.6. The molecule has 1 nitrogen and oxygen atoms in total. The highest BCUT2D eigenvalue weighted by Gasteiger charge is 2.44. The molecule has 0 radical (unpaired) electrons. The van der Waals surface area contributed by atoms with Gasteiger partial charge in [-0.3, -0.25) is 0 Å². The third-order valence-corrected chi connectivity index (χ3v) is 9.41. The number of hydrogen-bond acceptors (Lipinski definition) is 3. The summed E-state index contributed by atoms with van der Waals surface area (Å²) in [6, 6.07) is 22.0. The van der Waals surface area contributed by atoms with Gasteiger partial charge in [0.15, 0.2) is 0 Å². The van der Waals surface area contributed by atoms with Crippen LogP contribution < -0.4 is 15.7 Å². The molecule has 3 aromatic rings. The van der Waals surface area contributed by atoms with Gasteiger partial charge in [-0.05, 0) is 24.6 Å². The van der Waals surface area contributed by atoms with Crippen LogP contribution in [0.25, 0.3) is 0 Å². The second kappa shape index (κ2) is 6.35. The van der Waals surface area contributed by atoms with Gasteiger partial charge in [-0.25, -0.2) is 0 Å². The maximum Gasteiger partial charge on any atom is 0.242 e. The summed E-state index contributed by atoms with van der Waals surface area (Å²) in [5, 5.41) is 0.513. The summed E-state index contributed by atoms with van der Waals surface area (Å²) in [6.07, 6.45) is 5.83. The summed E-state index contributed by atoms with van der Waals surface area (Å²) in [6.45, 7) is 2.70. The van der Waals surface area contributed by atoms with Crippen molar-refractivity contribution in [3.63, 3.8) is 0 Å². The lowest BCUT2D eigenvalue weighted by atomic mass is 9.34. The second-order valence-corrected chi connectivity index (χ2v) is 10.7. The van der Waals surface area contributed by atoms with E-state index in [4.69, 9.17) is 4.74 Å². The summed E-state index contributed by atoms with van der Waals surface area (Å²) in [5.74, 6) is 2.37. The molecule has 30 heavy (non-hydrogen) atoms. The molecule has 7 rings (SSSR count). The minimum atomic E-state index is 0.338. The van der Waals surface area contributed by atoms with Gasteiger partial charge >= 0.3 is 0 Å². The molecule has 0 saturated carbocycles. The van der Waals surface area contributed by atoms with Crippen LogP contribution in [0.4, 0.5) is 0 Å². The fourth-order valence-electron chi connectivity index (χ4n) is 5.45. The van der Waals surface area contributed by atoms with Crippen molar-refractivity contribution in [2.45, 2.75) is 34.3 Å². The number of hydrogen-bond donors (Lipinski definition) is 0. The zero-order valence-electron chi connectivity index (χ0n) is 16.6.